The van der Waals surface area contributed by atoms with Crippen LogP contribution in [-0.4, -0.2) is 48.4 Å². The zero-order chi connectivity index (χ0) is 20.9. The summed E-state index contributed by atoms with van der Waals surface area (Å²) in [5.74, 6) is -0.00439. The number of hydrogen-bond acceptors (Lipinski definition) is 5. The lowest BCUT2D eigenvalue weighted by atomic mass is 10.1. The fourth-order valence-electron chi connectivity index (χ4n) is 4.45. The quantitative estimate of drug-likeness (QED) is 0.741. The minimum Gasteiger partial charge on any atom is -0.315 e. The molecule has 30 heavy (non-hydrogen) atoms. The van der Waals surface area contributed by atoms with Crippen molar-refractivity contribution in [3.63, 3.8) is 0 Å². The van der Waals surface area contributed by atoms with Gasteiger partial charge in [-0.2, -0.15) is 5.26 Å². The zero-order valence-corrected chi connectivity index (χ0v) is 18.6. The van der Waals surface area contributed by atoms with Crippen molar-refractivity contribution in [3.8, 4) is 6.07 Å². The van der Waals surface area contributed by atoms with Gasteiger partial charge in [-0.1, -0.05) is 30.7 Å². The maximum absolute atomic E-state index is 12.7. The van der Waals surface area contributed by atoms with Gasteiger partial charge in [0.2, 0.25) is 5.91 Å². The van der Waals surface area contributed by atoms with E-state index in [0.717, 1.165) is 57.0 Å². The monoisotopic (exact) mass is 422 g/mol. The van der Waals surface area contributed by atoms with Crippen molar-refractivity contribution in [3.05, 3.63) is 51.4 Å². The normalized spacial score (nSPS) is 17.7. The lowest BCUT2D eigenvalue weighted by Gasteiger charge is -2.34. The van der Waals surface area contributed by atoms with Crippen molar-refractivity contribution in [2.24, 2.45) is 0 Å². The van der Waals surface area contributed by atoms with Crippen LogP contribution in [0.15, 0.2) is 24.3 Å². The minimum atomic E-state index is -0.00439. The topological polar surface area (TPSA) is 59.4 Å². The number of aryl methyl sites for hydroxylation is 2. The molecule has 6 heteroatoms. The largest absolute Gasteiger partial charge is 0.315 e. The van der Waals surface area contributed by atoms with Crippen molar-refractivity contribution in [2.75, 3.05) is 38.0 Å². The molecule has 2 aliphatic rings. The van der Waals surface area contributed by atoms with Crippen molar-refractivity contribution >= 4 is 22.2 Å². The molecule has 1 saturated heterocycles. The Morgan fingerprint density at radius 1 is 1.10 bits per heavy atom. The molecule has 0 radical (unpaired) electrons. The van der Waals surface area contributed by atoms with Crippen LogP contribution in [0, 0.1) is 18.3 Å². The van der Waals surface area contributed by atoms with Gasteiger partial charge in [-0.15, -0.1) is 11.3 Å². The van der Waals surface area contributed by atoms with Gasteiger partial charge in [0.05, 0.1) is 12.1 Å². The summed E-state index contributed by atoms with van der Waals surface area (Å²) in [5.41, 5.74) is 4.60. The molecule has 1 aromatic heterocycles. The molecule has 1 N–H and O–H groups in total. The van der Waals surface area contributed by atoms with Gasteiger partial charge < -0.3 is 5.32 Å². The molecule has 1 fully saturated rings. The number of rotatable bonds is 5. The summed E-state index contributed by atoms with van der Waals surface area (Å²) < 4.78 is 0. The molecule has 2 heterocycles. The average molecular weight is 423 g/mol. The third-order valence-electron chi connectivity index (χ3n) is 6.27. The molecule has 1 amide bonds. The van der Waals surface area contributed by atoms with Gasteiger partial charge in [0, 0.05) is 37.6 Å². The van der Waals surface area contributed by atoms with Crippen LogP contribution in [0.2, 0.25) is 0 Å². The average Bonchev–Trinajstić information content (AvgIpc) is 2.90. The molecule has 0 atom stereocenters. The van der Waals surface area contributed by atoms with Crippen LogP contribution in [0.1, 0.15) is 46.4 Å². The third kappa shape index (κ3) is 4.92. The highest BCUT2D eigenvalue weighted by Crippen LogP contribution is 2.36. The minimum absolute atomic E-state index is 0.00439. The second kappa shape index (κ2) is 9.74. The predicted octanol–water partition coefficient (Wildman–Crippen LogP) is 3.95. The summed E-state index contributed by atoms with van der Waals surface area (Å²) >= 11 is 1.61. The highest BCUT2D eigenvalue weighted by Gasteiger charge is 2.23. The number of nitrogens with zero attached hydrogens (tertiary/aromatic N) is 3. The lowest BCUT2D eigenvalue weighted by molar-refractivity contribution is -0.117. The highest BCUT2D eigenvalue weighted by molar-refractivity contribution is 7.16. The van der Waals surface area contributed by atoms with Crippen LogP contribution in [0.5, 0.6) is 0 Å². The third-order valence-corrected chi connectivity index (χ3v) is 7.48. The Hall–Kier alpha value is -2.20. The van der Waals surface area contributed by atoms with E-state index in [0.29, 0.717) is 12.1 Å². The number of fused-ring (bicyclic) bond motifs is 1. The van der Waals surface area contributed by atoms with Crippen LogP contribution >= 0.6 is 11.3 Å². The smallest absolute Gasteiger partial charge is 0.239 e. The van der Waals surface area contributed by atoms with E-state index in [1.165, 1.54) is 34.4 Å². The molecule has 0 bridgehead atoms. The number of nitriles is 1. The van der Waals surface area contributed by atoms with Crippen molar-refractivity contribution in [1.82, 2.24) is 9.80 Å². The number of nitrogens with one attached hydrogen (secondary N) is 1. The Balaban J connectivity index is 1.30. The van der Waals surface area contributed by atoms with Gasteiger partial charge in [0.1, 0.15) is 11.1 Å². The van der Waals surface area contributed by atoms with Gasteiger partial charge in [-0.3, -0.25) is 14.6 Å². The van der Waals surface area contributed by atoms with E-state index in [9.17, 15) is 10.1 Å². The Bertz CT molecular complexity index is 937. The van der Waals surface area contributed by atoms with Gasteiger partial charge in [-0.05, 0) is 49.3 Å². The lowest BCUT2D eigenvalue weighted by Crippen LogP contribution is -2.48. The second-order valence-corrected chi connectivity index (χ2v) is 9.51. The molecule has 158 valence electrons. The number of piperazine rings is 1. The Labute approximate surface area is 183 Å². The first-order valence-corrected chi connectivity index (χ1v) is 11.8. The molecule has 4 rings (SSSR count). The number of benzene rings is 1. The molecule has 1 aliphatic heterocycles. The van der Waals surface area contributed by atoms with Crippen LogP contribution < -0.4 is 5.32 Å². The molecule has 0 unspecified atom stereocenters. The maximum Gasteiger partial charge on any atom is 0.239 e. The van der Waals surface area contributed by atoms with E-state index in [1.807, 2.05) is 0 Å². The van der Waals surface area contributed by atoms with Crippen molar-refractivity contribution in [1.29, 1.82) is 5.26 Å². The second-order valence-electron chi connectivity index (χ2n) is 8.41. The molecule has 5 nitrogen and oxygen atoms in total. The number of anilines is 1. The van der Waals surface area contributed by atoms with Crippen LogP contribution in [0.4, 0.5) is 5.00 Å². The van der Waals surface area contributed by atoms with Gasteiger partial charge in [0.25, 0.3) is 0 Å². The summed E-state index contributed by atoms with van der Waals surface area (Å²) in [7, 11) is 0. The molecule has 0 spiro atoms. The zero-order valence-electron chi connectivity index (χ0n) is 17.7. The predicted molar refractivity (Wildman–Crippen MR) is 122 cm³/mol. The maximum atomic E-state index is 12.7. The SMILES string of the molecule is Cc1ccccc1CN1CCN(CC(=O)Nc2sc3c(c2C#N)CCCCC3)CC1. The summed E-state index contributed by atoms with van der Waals surface area (Å²) in [6, 6.07) is 10.9. The highest BCUT2D eigenvalue weighted by atomic mass is 32.1. The Morgan fingerprint density at radius 2 is 1.83 bits per heavy atom. The summed E-state index contributed by atoms with van der Waals surface area (Å²) in [4.78, 5) is 18.6. The number of hydrogen-bond donors (Lipinski definition) is 1. The van der Waals surface area contributed by atoms with Crippen molar-refractivity contribution in [2.45, 2.75) is 45.6 Å². The van der Waals surface area contributed by atoms with E-state index in [1.54, 1.807) is 11.3 Å². The molecule has 1 aromatic carbocycles. The van der Waals surface area contributed by atoms with Gasteiger partial charge in [-0.25, -0.2) is 0 Å². The molecular weight excluding hydrogens is 392 g/mol. The van der Waals surface area contributed by atoms with E-state index in [4.69, 9.17) is 0 Å². The molecular formula is C24H30N4OS. The van der Waals surface area contributed by atoms with E-state index in [2.05, 4.69) is 52.4 Å². The standard InChI is InChI=1S/C24H30N4OS/c1-18-7-5-6-8-19(18)16-27-11-13-28(14-12-27)17-23(29)26-24-21(15-25)20-9-3-2-4-10-22(20)30-24/h5-8H,2-4,9-14,16-17H2,1H3,(H,26,29). The molecule has 2 aromatic rings. The first-order valence-electron chi connectivity index (χ1n) is 11.0. The Morgan fingerprint density at radius 3 is 2.60 bits per heavy atom. The number of thiophene rings is 1. The van der Waals surface area contributed by atoms with Gasteiger partial charge >= 0.3 is 0 Å². The molecule has 1 aliphatic carbocycles. The fourth-order valence-corrected chi connectivity index (χ4v) is 5.71. The van der Waals surface area contributed by atoms with E-state index >= 15 is 0 Å². The summed E-state index contributed by atoms with van der Waals surface area (Å²) in [6.07, 6.45) is 5.54. The van der Waals surface area contributed by atoms with Crippen molar-refractivity contribution < 1.29 is 4.79 Å². The first kappa shape index (κ1) is 21.0. The summed E-state index contributed by atoms with van der Waals surface area (Å²) in [5, 5.41) is 13.5. The van der Waals surface area contributed by atoms with Gasteiger partial charge in [0.15, 0.2) is 0 Å². The number of amides is 1. The van der Waals surface area contributed by atoms with Crippen LogP contribution in [0.25, 0.3) is 0 Å². The first-order chi connectivity index (χ1) is 14.6. The van der Waals surface area contributed by atoms with Crippen LogP contribution in [0.3, 0.4) is 0 Å². The van der Waals surface area contributed by atoms with E-state index < -0.39 is 0 Å². The Kier molecular flexibility index (Phi) is 6.83. The van der Waals surface area contributed by atoms with E-state index in [-0.39, 0.29) is 5.91 Å². The summed E-state index contributed by atoms with van der Waals surface area (Å²) in [6.45, 7) is 7.26. The number of carbonyl (C=O) groups excluding carboxylic acids is 1. The van der Waals surface area contributed by atoms with Crippen LogP contribution in [-0.2, 0) is 24.2 Å². The molecule has 0 saturated carbocycles. The number of carbonyl (C=O) groups is 1. The fraction of sp³-hybridized carbons (Fsp3) is 0.500.